The number of carbonyl (C=O) groups excluding carboxylic acids is 1. The second-order valence-corrected chi connectivity index (χ2v) is 4.50. The molecular weight excluding hydrogens is 251 g/mol. The van der Waals surface area contributed by atoms with Crippen molar-refractivity contribution in [2.24, 2.45) is 5.92 Å². The van der Waals surface area contributed by atoms with Gasteiger partial charge in [-0.3, -0.25) is 9.59 Å². The molecule has 1 fully saturated rings. The molecular formula is C11H16F3NO3. The zero-order valence-corrected chi connectivity index (χ0v) is 9.79. The van der Waals surface area contributed by atoms with Gasteiger partial charge >= 0.3 is 12.1 Å². The summed E-state index contributed by atoms with van der Waals surface area (Å²) in [5.74, 6) is -3.28. The molecule has 0 heterocycles. The lowest BCUT2D eigenvalue weighted by atomic mass is 9.84. The number of rotatable bonds is 4. The van der Waals surface area contributed by atoms with Crippen LogP contribution < -0.4 is 5.32 Å². The highest BCUT2D eigenvalue weighted by Gasteiger charge is 2.45. The Morgan fingerprint density at radius 1 is 1.17 bits per heavy atom. The molecule has 1 rings (SSSR count). The minimum Gasteiger partial charge on any atom is -0.481 e. The number of carbonyl (C=O) groups is 2. The lowest BCUT2D eigenvalue weighted by molar-refractivity contribution is -0.189. The predicted molar refractivity (Wildman–Crippen MR) is 56.8 cm³/mol. The minimum absolute atomic E-state index is 0.0212. The van der Waals surface area contributed by atoms with Gasteiger partial charge in [-0.15, -0.1) is 0 Å². The van der Waals surface area contributed by atoms with Crippen molar-refractivity contribution < 1.29 is 27.9 Å². The molecule has 0 aliphatic heterocycles. The molecule has 1 amide bonds. The SMILES string of the molecule is O=C(O)CCC(=O)NC1CCCCC1C(F)(F)F. The molecule has 2 atom stereocenters. The van der Waals surface area contributed by atoms with Crippen LogP contribution in [0.3, 0.4) is 0 Å². The van der Waals surface area contributed by atoms with Gasteiger partial charge < -0.3 is 10.4 Å². The van der Waals surface area contributed by atoms with E-state index in [1.807, 2.05) is 0 Å². The van der Waals surface area contributed by atoms with E-state index >= 15 is 0 Å². The van der Waals surface area contributed by atoms with Gasteiger partial charge in [0.1, 0.15) is 0 Å². The second-order valence-electron chi connectivity index (χ2n) is 4.50. The van der Waals surface area contributed by atoms with Crippen molar-refractivity contribution in [3.63, 3.8) is 0 Å². The van der Waals surface area contributed by atoms with Crippen molar-refractivity contribution in [3.05, 3.63) is 0 Å². The molecule has 0 aromatic rings. The first-order chi connectivity index (χ1) is 8.30. The van der Waals surface area contributed by atoms with Crippen LogP contribution in [0, 0.1) is 5.92 Å². The van der Waals surface area contributed by atoms with Crippen molar-refractivity contribution >= 4 is 11.9 Å². The second kappa shape index (κ2) is 6.06. The lowest BCUT2D eigenvalue weighted by Crippen LogP contribution is -2.47. The molecule has 0 bridgehead atoms. The van der Waals surface area contributed by atoms with Gasteiger partial charge in [-0.2, -0.15) is 13.2 Å². The summed E-state index contributed by atoms with van der Waals surface area (Å²) in [5, 5.41) is 10.7. The van der Waals surface area contributed by atoms with E-state index in [9.17, 15) is 22.8 Å². The minimum atomic E-state index is -4.31. The van der Waals surface area contributed by atoms with Gasteiger partial charge in [0.25, 0.3) is 0 Å². The molecule has 2 N–H and O–H groups in total. The van der Waals surface area contributed by atoms with Gasteiger partial charge in [0, 0.05) is 12.5 Å². The largest absolute Gasteiger partial charge is 0.481 e. The highest BCUT2D eigenvalue weighted by molar-refractivity contribution is 5.80. The molecule has 18 heavy (non-hydrogen) atoms. The average Bonchev–Trinajstić information content (AvgIpc) is 2.25. The van der Waals surface area contributed by atoms with Crippen molar-refractivity contribution in [2.75, 3.05) is 0 Å². The average molecular weight is 267 g/mol. The van der Waals surface area contributed by atoms with E-state index in [1.54, 1.807) is 0 Å². The summed E-state index contributed by atoms with van der Waals surface area (Å²) in [6.07, 6.45) is -3.49. The molecule has 1 aliphatic rings. The van der Waals surface area contributed by atoms with E-state index in [4.69, 9.17) is 5.11 Å². The van der Waals surface area contributed by atoms with Crippen molar-refractivity contribution in [1.82, 2.24) is 5.32 Å². The Balaban J connectivity index is 2.52. The summed E-state index contributed by atoms with van der Waals surface area (Å²) in [6, 6.07) is -0.917. The monoisotopic (exact) mass is 267 g/mol. The number of alkyl halides is 3. The third kappa shape index (κ3) is 4.54. The number of hydrogen-bond acceptors (Lipinski definition) is 2. The fraction of sp³-hybridized carbons (Fsp3) is 0.818. The van der Waals surface area contributed by atoms with Crippen molar-refractivity contribution in [1.29, 1.82) is 0 Å². The quantitative estimate of drug-likeness (QED) is 0.819. The molecule has 0 saturated heterocycles. The van der Waals surface area contributed by atoms with Crippen LogP contribution in [0.2, 0.25) is 0 Å². The Morgan fingerprint density at radius 2 is 1.78 bits per heavy atom. The molecule has 1 aliphatic carbocycles. The Kier molecular flexibility index (Phi) is 4.98. The zero-order chi connectivity index (χ0) is 13.8. The van der Waals surface area contributed by atoms with E-state index < -0.39 is 30.0 Å². The summed E-state index contributed by atoms with van der Waals surface area (Å²) < 4.78 is 38.1. The number of amides is 1. The highest BCUT2D eigenvalue weighted by Crippen LogP contribution is 2.37. The van der Waals surface area contributed by atoms with Crippen LogP contribution in [-0.2, 0) is 9.59 Å². The molecule has 0 aromatic carbocycles. The summed E-state index contributed by atoms with van der Waals surface area (Å²) in [7, 11) is 0. The number of carboxylic acids is 1. The number of carboxylic acid groups (broad SMARTS) is 1. The van der Waals surface area contributed by atoms with Crippen LogP contribution >= 0.6 is 0 Å². The number of nitrogens with one attached hydrogen (secondary N) is 1. The first-order valence-electron chi connectivity index (χ1n) is 5.88. The maximum absolute atomic E-state index is 12.7. The molecule has 104 valence electrons. The molecule has 0 aromatic heterocycles. The fourth-order valence-corrected chi connectivity index (χ4v) is 2.19. The number of aliphatic carboxylic acids is 1. The standard InChI is InChI=1S/C11H16F3NO3/c12-11(13,14)7-3-1-2-4-8(7)15-9(16)5-6-10(17)18/h7-8H,1-6H2,(H,15,16)(H,17,18). The van der Waals surface area contributed by atoms with Crippen LogP contribution in [0.1, 0.15) is 38.5 Å². The van der Waals surface area contributed by atoms with E-state index in [1.165, 1.54) is 0 Å². The van der Waals surface area contributed by atoms with E-state index in [0.29, 0.717) is 19.3 Å². The van der Waals surface area contributed by atoms with Crippen LogP contribution in [-0.4, -0.2) is 29.2 Å². The summed E-state index contributed by atoms with van der Waals surface area (Å²) >= 11 is 0. The third-order valence-corrected chi connectivity index (χ3v) is 3.10. The van der Waals surface area contributed by atoms with Crippen molar-refractivity contribution in [2.45, 2.75) is 50.7 Å². The van der Waals surface area contributed by atoms with Crippen LogP contribution in [0.5, 0.6) is 0 Å². The maximum atomic E-state index is 12.7. The Bertz CT molecular complexity index is 317. The summed E-state index contributed by atoms with van der Waals surface area (Å²) in [4.78, 5) is 21.6. The van der Waals surface area contributed by atoms with Crippen molar-refractivity contribution in [3.8, 4) is 0 Å². The van der Waals surface area contributed by atoms with E-state index in [0.717, 1.165) is 0 Å². The normalized spacial score (nSPS) is 24.6. The van der Waals surface area contributed by atoms with Crippen LogP contribution in [0.25, 0.3) is 0 Å². The first-order valence-corrected chi connectivity index (χ1v) is 5.88. The molecule has 4 nitrogen and oxygen atoms in total. The Labute approximate surface area is 103 Å². The first kappa shape index (κ1) is 14.8. The van der Waals surface area contributed by atoms with Gasteiger partial charge in [0.2, 0.25) is 5.91 Å². The smallest absolute Gasteiger partial charge is 0.393 e. The topological polar surface area (TPSA) is 66.4 Å². The van der Waals surface area contributed by atoms with Crippen LogP contribution in [0.4, 0.5) is 13.2 Å². The predicted octanol–water partition coefficient (Wildman–Crippen LogP) is 2.09. The maximum Gasteiger partial charge on any atom is 0.393 e. The van der Waals surface area contributed by atoms with Gasteiger partial charge in [-0.1, -0.05) is 12.8 Å². The molecule has 1 saturated carbocycles. The summed E-state index contributed by atoms with van der Waals surface area (Å²) in [5.41, 5.74) is 0. The molecule has 7 heteroatoms. The van der Waals surface area contributed by atoms with Gasteiger partial charge in [0.05, 0.1) is 12.3 Å². The van der Waals surface area contributed by atoms with E-state index in [-0.39, 0.29) is 19.3 Å². The highest BCUT2D eigenvalue weighted by atomic mass is 19.4. The Hall–Kier alpha value is -1.27. The number of halogens is 3. The fourth-order valence-electron chi connectivity index (χ4n) is 2.19. The third-order valence-electron chi connectivity index (χ3n) is 3.10. The molecule has 0 radical (unpaired) electrons. The van der Waals surface area contributed by atoms with Gasteiger partial charge in [-0.05, 0) is 12.8 Å². The summed E-state index contributed by atoms with van der Waals surface area (Å²) in [6.45, 7) is 0. The molecule has 2 unspecified atom stereocenters. The van der Waals surface area contributed by atoms with Gasteiger partial charge in [0.15, 0.2) is 0 Å². The molecule has 0 spiro atoms. The zero-order valence-electron chi connectivity index (χ0n) is 9.79. The van der Waals surface area contributed by atoms with Crippen LogP contribution in [0.15, 0.2) is 0 Å². The Morgan fingerprint density at radius 3 is 2.33 bits per heavy atom. The van der Waals surface area contributed by atoms with Gasteiger partial charge in [-0.25, -0.2) is 0 Å². The number of hydrogen-bond donors (Lipinski definition) is 2. The van der Waals surface area contributed by atoms with E-state index in [2.05, 4.69) is 5.32 Å². The lowest BCUT2D eigenvalue weighted by Gasteiger charge is -2.33.